The van der Waals surface area contributed by atoms with E-state index in [9.17, 15) is 8.78 Å². The highest BCUT2D eigenvalue weighted by Gasteiger charge is 2.27. The largest absolute Gasteiger partial charge is 0.298 e. The number of halogens is 2. The molecule has 0 amide bonds. The van der Waals surface area contributed by atoms with Crippen LogP contribution in [-0.2, 0) is 13.0 Å². The number of thiazole rings is 1. The van der Waals surface area contributed by atoms with Crippen LogP contribution in [0.25, 0.3) is 0 Å². The molecular weight excluding hydrogens is 278 g/mol. The summed E-state index contributed by atoms with van der Waals surface area (Å²) in [6.07, 6.45) is 2.75. The minimum Gasteiger partial charge on any atom is -0.298 e. The van der Waals surface area contributed by atoms with Gasteiger partial charge in [0.15, 0.2) is 11.6 Å². The maximum Gasteiger partial charge on any atom is 0.159 e. The van der Waals surface area contributed by atoms with Gasteiger partial charge in [-0.2, -0.15) is 0 Å². The molecule has 0 bridgehead atoms. The smallest absolute Gasteiger partial charge is 0.159 e. The molecule has 0 unspecified atom stereocenters. The van der Waals surface area contributed by atoms with E-state index in [1.807, 2.05) is 13.1 Å². The van der Waals surface area contributed by atoms with Crippen LogP contribution in [0.2, 0.25) is 0 Å². The average Bonchev–Trinajstić information content (AvgIpc) is 2.77. The highest BCUT2D eigenvalue weighted by atomic mass is 32.1. The Morgan fingerprint density at radius 3 is 2.75 bits per heavy atom. The number of benzene rings is 1. The summed E-state index contributed by atoms with van der Waals surface area (Å²) in [5.74, 6) is -0.989. The van der Waals surface area contributed by atoms with Gasteiger partial charge < -0.3 is 0 Å². The molecule has 0 atom stereocenters. The number of aromatic nitrogens is 1. The first kappa shape index (κ1) is 13.6. The summed E-state index contributed by atoms with van der Waals surface area (Å²) in [5, 5.41) is 1.10. The normalized spacial score (nSPS) is 16.4. The van der Waals surface area contributed by atoms with Crippen molar-refractivity contribution in [3.63, 3.8) is 0 Å². The molecule has 0 spiro atoms. The Morgan fingerprint density at radius 1 is 1.30 bits per heavy atom. The predicted molar refractivity (Wildman–Crippen MR) is 75.7 cm³/mol. The maximum absolute atomic E-state index is 13.1. The number of likely N-dealkylation sites (tertiary alicyclic amines) is 1. The van der Waals surface area contributed by atoms with E-state index in [0.717, 1.165) is 36.6 Å². The van der Waals surface area contributed by atoms with Gasteiger partial charge >= 0.3 is 0 Å². The number of hydrogen-bond acceptors (Lipinski definition) is 3. The summed E-state index contributed by atoms with van der Waals surface area (Å²) in [6, 6.07) is 4.19. The fourth-order valence-electron chi connectivity index (χ4n) is 2.63. The summed E-state index contributed by atoms with van der Waals surface area (Å²) in [5.41, 5.74) is 0.877. The van der Waals surface area contributed by atoms with Crippen LogP contribution in [0.15, 0.2) is 24.4 Å². The topological polar surface area (TPSA) is 16.1 Å². The maximum atomic E-state index is 13.1. The number of rotatable bonds is 4. The summed E-state index contributed by atoms with van der Waals surface area (Å²) >= 11 is 1.73. The molecule has 0 saturated carbocycles. The monoisotopic (exact) mass is 294 g/mol. The molecular formula is C15H16F2N2S. The molecule has 0 radical (unpaired) electrons. The first-order valence-electron chi connectivity index (χ1n) is 6.68. The Balaban J connectivity index is 1.49. The van der Waals surface area contributed by atoms with Crippen LogP contribution in [0.4, 0.5) is 8.78 Å². The van der Waals surface area contributed by atoms with E-state index in [-0.39, 0.29) is 0 Å². The molecule has 1 aliphatic heterocycles. The fraction of sp³-hybridized carbons (Fsp3) is 0.400. The molecule has 20 heavy (non-hydrogen) atoms. The second-order valence-corrected chi connectivity index (χ2v) is 6.68. The van der Waals surface area contributed by atoms with Crippen LogP contribution < -0.4 is 0 Å². The van der Waals surface area contributed by atoms with Crippen LogP contribution >= 0.6 is 11.3 Å². The summed E-state index contributed by atoms with van der Waals surface area (Å²) < 4.78 is 26.0. The van der Waals surface area contributed by atoms with Gasteiger partial charge in [0.05, 0.1) is 5.01 Å². The van der Waals surface area contributed by atoms with E-state index < -0.39 is 11.6 Å². The van der Waals surface area contributed by atoms with E-state index >= 15 is 0 Å². The minimum absolute atomic E-state index is 0.536. The van der Waals surface area contributed by atoms with E-state index in [2.05, 4.69) is 9.88 Å². The average molecular weight is 294 g/mol. The van der Waals surface area contributed by atoms with E-state index in [1.54, 1.807) is 17.4 Å². The Labute approximate surface area is 121 Å². The SMILES string of the molecule is Cc1ncc(CN2CC(Cc3ccc(F)c(F)c3)C2)s1. The molecule has 2 nitrogen and oxygen atoms in total. The summed E-state index contributed by atoms with van der Waals surface area (Å²) in [4.78, 5) is 7.89. The van der Waals surface area contributed by atoms with Crippen LogP contribution in [-0.4, -0.2) is 23.0 Å². The number of aryl methyl sites for hydroxylation is 1. The lowest BCUT2D eigenvalue weighted by molar-refractivity contribution is 0.0936. The molecule has 1 fully saturated rings. The fourth-order valence-corrected chi connectivity index (χ4v) is 3.47. The van der Waals surface area contributed by atoms with Crippen LogP contribution in [0.3, 0.4) is 0 Å². The molecule has 2 heterocycles. The number of hydrogen-bond donors (Lipinski definition) is 0. The molecule has 1 aromatic carbocycles. The highest BCUT2D eigenvalue weighted by Crippen LogP contribution is 2.24. The second-order valence-electron chi connectivity index (χ2n) is 5.36. The Morgan fingerprint density at radius 2 is 2.10 bits per heavy atom. The second kappa shape index (κ2) is 5.58. The highest BCUT2D eigenvalue weighted by molar-refractivity contribution is 7.11. The molecule has 1 saturated heterocycles. The Kier molecular flexibility index (Phi) is 3.81. The zero-order valence-corrected chi connectivity index (χ0v) is 12.1. The van der Waals surface area contributed by atoms with Gasteiger partial charge in [0.25, 0.3) is 0 Å². The van der Waals surface area contributed by atoms with Crippen molar-refractivity contribution in [2.45, 2.75) is 19.9 Å². The summed E-state index contributed by atoms with van der Waals surface area (Å²) in [7, 11) is 0. The predicted octanol–water partition coefficient (Wildman–Crippen LogP) is 3.40. The molecule has 1 aromatic heterocycles. The number of nitrogens with zero attached hydrogens (tertiary/aromatic N) is 2. The van der Waals surface area contributed by atoms with Gasteiger partial charge in [0.2, 0.25) is 0 Å². The quantitative estimate of drug-likeness (QED) is 0.859. The molecule has 1 aliphatic rings. The van der Waals surface area contributed by atoms with E-state index in [4.69, 9.17) is 0 Å². The van der Waals surface area contributed by atoms with E-state index in [0.29, 0.717) is 5.92 Å². The van der Waals surface area contributed by atoms with Crippen molar-refractivity contribution >= 4 is 11.3 Å². The lowest BCUT2D eigenvalue weighted by atomic mass is 9.92. The lowest BCUT2D eigenvalue weighted by Crippen LogP contribution is -2.46. The van der Waals surface area contributed by atoms with Crippen molar-refractivity contribution in [1.29, 1.82) is 0 Å². The van der Waals surface area contributed by atoms with E-state index in [1.165, 1.54) is 17.0 Å². The van der Waals surface area contributed by atoms with Crippen molar-refractivity contribution in [3.05, 3.63) is 51.5 Å². The molecule has 106 valence electrons. The molecule has 0 aliphatic carbocycles. The van der Waals surface area contributed by atoms with Gasteiger partial charge in [-0.1, -0.05) is 6.07 Å². The van der Waals surface area contributed by atoms with Crippen molar-refractivity contribution in [2.24, 2.45) is 5.92 Å². The Bertz CT molecular complexity index is 606. The van der Waals surface area contributed by atoms with Gasteiger partial charge in [-0.3, -0.25) is 4.90 Å². The first-order chi connectivity index (χ1) is 9.60. The molecule has 2 aromatic rings. The zero-order chi connectivity index (χ0) is 14.1. The summed E-state index contributed by atoms with van der Waals surface area (Å²) in [6.45, 7) is 4.97. The van der Waals surface area contributed by atoms with Crippen LogP contribution in [0.1, 0.15) is 15.4 Å². The van der Waals surface area contributed by atoms with Crippen LogP contribution in [0, 0.1) is 24.5 Å². The van der Waals surface area contributed by atoms with Crippen molar-refractivity contribution in [2.75, 3.05) is 13.1 Å². The van der Waals surface area contributed by atoms with Crippen molar-refractivity contribution in [1.82, 2.24) is 9.88 Å². The first-order valence-corrected chi connectivity index (χ1v) is 7.49. The molecule has 5 heteroatoms. The Hall–Kier alpha value is -1.33. The minimum atomic E-state index is -0.774. The third-order valence-electron chi connectivity index (χ3n) is 3.59. The van der Waals surface area contributed by atoms with Gasteiger partial charge in [-0.25, -0.2) is 13.8 Å². The zero-order valence-electron chi connectivity index (χ0n) is 11.3. The van der Waals surface area contributed by atoms with Gasteiger partial charge in [-0.15, -0.1) is 11.3 Å². The van der Waals surface area contributed by atoms with Crippen molar-refractivity contribution < 1.29 is 8.78 Å². The van der Waals surface area contributed by atoms with Gasteiger partial charge in [0, 0.05) is 30.7 Å². The molecule has 3 rings (SSSR count). The van der Waals surface area contributed by atoms with Gasteiger partial charge in [0.1, 0.15) is 0 Å². The van der Waals surface area contributed by atoms with Crippen LogP contribution in [0.5, 0.6) is 0 Å². The lowest BCUT2D eigenvalue weighted by Gasteiger charge is -2.39. The van der Waals surface area contributed by atoms with Crippen molar-refractivity contribution in [3.8, 4) is 0 Å². The standard InChI is InChI=1S/C15H16F2N2S/c1-10-18-6-13(20-10)9-19-7-12(8-19)4-11-2-3-14(16)15(17)5-11/h2-3,5-6,12H,4,7-9H2,1H3. The third-order valence-corrected chi connectivity index (χ3v) is 4.49. The third kappa shape index (κ3) is 3.04. The van der Waals surface area contributed by atoms with Gasteiger partial charge in [-0.05, 0) is 37.0 Å². The molecule has 0 N–H and O–H groups in total.